The van der Waals surface area contributed by atoms with Crippen molar-refractivity contribution >= 4 is 27.3 Å². The molecule has 1 atom stereocenters. The van der Waals surface area contributed by atoms with Gasteiger partial charge in [0.25, 0.3) is 0 Å². The molecular weight excluding hydrogens is 325 g/mol. The maximum absolute atomic E-state index is 14.0. The zero-order chi connectivity index (χ0) is 13.7. The van der Waals surface area contributed by atoms with E-state index in [1.54, 1.807) is 17.4 Å². The van der Waals surface area contributed by atoms with E-state index in [0.29, 0.717) is 0 Å². The minimum absolute atomic E-state index is 0.0204. The number of hydrogen-bond acceptors (Lipinski definition) is 2. The minimum atomic E-state index is -0.146. The molecule has 0 bridgehead atoms. The van der Waals surface area contributed by atoms with Crippen LogP contribution in [0.25, 0.3) is 0 Å². The SMILES string of the molecule is CCCNC(Cc1ccsc1)c1cc(Br)ccc1F. The van der Waals surface area contributed by atoms with Gasteiger partial charge in [-0.2, -0.15) is 11.3 Å². The number of nitrogens with one attached hydrogen (secondary N) is 1. The quantitative estimate of drug-likeness (QED) is 0.785. The van der Waals surface area contributed by atoms with E-state index < -0.39 is 0 Å². The van der Waals surface area contributed by atoms with E-state index in [4.69, 9.17) is 0 Å². The number of rotatable bonds is 6. The van der Waals surface area contributed by atoms with Crippen LogP contribution in [0.5, 0.6) is 0 Å². The van der Waals surface area contributed by atoms with Gasteiger partial charge >= 0.3 is 0 Å². The van der Waals surface area contributed by atoms with Crippen LogP contribution in [0.4, 0.5) is 4.39 Å². The summed E-state index contributed by atoms with van der Waals surface area (Å²) in [4.78, 5) is 0. The van der Waals surface area contributed by atoms with Crippen molar-refractivity contribution in [1.29, 1.82) is 0 Å². The van der Waals surface area contributed by atoms with Crippen molar-refractivity contribution in [3.63, 3.8) is 0 Å². The van der Waals surface area contributed by atoms with Crippen LogP contribution in [0.15, 0.2) is 39.5 Å². The average Bonchev–Trinajstić information content (AvgIpc) is 2.90. The van der Waals surface area contributed by atoms with Gasteiger partial charge in [-0.15, -0.1) is 0 Å². The second-order valence-corrected chi connectivity index (χ2v) is 6.20. The lowest BCUT2D eigenvalue weighted by molar-refractivity contribution is 0.497. The summed E-state index contributed by atoms with van der Waals surface area (Å²) < 4.78 is 14.9. The Kier molecular flexibility index (Phi) is 5.55. The third-order valence-electron chi connectivity index (χ3n) is 2.99. The molecule has 102 valence electrons. The number of thiophene rings is 1. The minimum Gasteiger partial charge on any atom is -0.310 e. The van der Waals surface area contributed by atoms with Crippen LogP contribution < -0.4 is 5.32 Å². The Morgan fingerprint density at radius 3 is 2.89 bits per heavy atom. The first-order valence-corrected chi connectivity index (χ1v) is 8.13. The second-order valence-electron chi connectivity index (χ2n) is 4.51. The van der Waals surface area contributed by atoms with Crippen LogP contribution in [0.2, 0.25) is 0 Å². The molecule has 1 heterocycles. The van der Waals surface area contributed by atoms with Crippen LogP contribution in [0.1, 0.15) is 30.5 Å². The first-order chi connectivity index (χ1) is 9.20. The molecule has 0 saturated carbocycles. The molecule has 0 aliphatic rings. The molecule has 0 amide bonds. The van der Waals surface area contributed by atoms with Crippen molar-refractivity contribution in [1.82, 2.24) is 5.32 Å². The molecule has 0 saturated heterocycles. The molecule has 1 aromatic carbocycles. The lowest BCUT2D eigenvalue weighted by Gasteiger charge is -2.19. The van der Waals surface area contributed by atoms with Crippen molar-refractivity contribution in [3.8, 4) is 0 Å². The van der Waals surface area contributed by atoms with Crippen molar-refractivity contribution in [2.24, 2.45) is 0 Å². The zero-order valence-corrected chi connectivity index (χ0v) is 13.2. The molecule has 1 N–H and O–H groups in total. The summed E-state index contributed by atoms with van der Waals surface area (Å²) in [6, 6.07) is 7.25. The van der Waals surface area contributed by atoms with Crippen LogP contribution in [-0.4, -0.2) is 6.54 Å². The monoisotopic (exact) mass is 341 g/mol. The van der Waals surface area contributed by atoms with Crippen molar-refractivity contribution in [2.45, 2.75) is 25.8 Å². The highest BCUT2D eigenvalue weighted by Crippen LogP contribution is 2.25. The van der Waals surface area contributed by atoms with Crippen LogP contribution >= 0.6 is 27.3 Å². The summed E-state index contributed by atoms with van der Waals surface area (Å²) in [6.45, 7) is 3.01. The smallest absolute Gasteiger partial charge is 0.128 e. The fourth-order valence-corrected chi connectivity index (χ4v) is 3.10. The standard InChI is InChI=1S/C15H17BrFNS/c1-2-6-18-15(8-11-5-7-19-10-11)13-9-12(16)3-4-14(13)17/h3-5,7,9-10,15,18H,2,6,8H2,1H3. The van der Waals surface area contributed by atoms with Gasteiger partial charge in [0, 0.05) is 16.1 Å². The maximum Gasteiger partial charge on any atom is 0.128 e. The van der Waals surface area contributed by atoms with Gasteiger partial charge in [0.2, 0.25) is 0 Å². The van der Waals surface area contributed by atoms with Crippen molar-refractivity contribution < 1.29 is 4.39 Å². The first-order valence-electron chi connectivity index (χ1n) is 6.40. The third kappa shape index (κ3) is 4.13. The summed E-state index contributed by atoms with van der Waals surface area (Å²) in [7, 11) is 0. The number of hydrogen-bond donors (Lipinski definition) is 1. The van der Waals surface area contributed by atoms with Gasteiger partial charge in [-0.05, 0) is 60.0 Å². The van der Waals surface area contributed by atoms with Gasteiger partial charge in [-0.3, -0.25) is 0 Å². The Balaban J connectivity index is 2.23. The Labute approximate surface area is 126 Å². The van der Waals surface area contributed by atoms with E-state index in [-0.39, 0.29) is 11.9 Å². The lowest BCUT2D eigenvalue weighted by atomic mass is 10.00. The summed E-state index contributed by atoms with van der Waals surface area (Å²) in [5.41, 5.74) is 1.98. The zero-order valence-electron chi connectivity index (χ0n) is 10.8. The van der Waals surface area contributed by atoms with E-state index in [1.807, 2.05) is 6.07 Å². The van der Waals surface area contributed by atoms with E-state index in [0.717, 1.165) is 29.4 Å². The predicted octanol–water partition coefficient (Wildman–Crippen LogP) is 4.93. The van der Waals surface area contributed by atoms with E-state index >= 15 is 0 Å². The summed E-state index contributed by atoms with van der Waals surface area (Å²) in [6.07, 6.45) is 1.85. The summed E-state index contributed by atoms with van der Waals surface area (Å²) >= 11 is 5.10. The number of benzene rings is 1. The molecule has 1 unspecified atom stereocenters. The highest BCUT2D eigenvalue weighted by Gasteiger charge is 2.16. The summed E-state index contributed by atoms with van der Waals surface area (Å²) in [5.74, 6) is -0.146. The van der Waals surface area contributed by atoms with Gasteiger partial charge < -0.3 is 5.32 Å². The molecule has 0 spiro atoms. The van der Waals surface area contributed by atoms with E-state index in [1.165, 1.54) is 11.6 Å². The molecule has 0 fully saturated rings. The van der Waals surface area contributed by atoms with Crippen molar-refractivity contribution in [3.05, 3.63) is 56.4 Å². The molecular formula is C15H17BrFNS. The fraction of sp³-hybridized carbons (Fsp3) is 0.333. The third-order valence-corrected chi connectivity index (χ3v) is 4.22. The molecule has 4 heteroatoms. The van der Waals surface area contributed by atoms with Crippen LogP contribution in [0, 0.1) is 5.82 Å². The van der Waals surface area contributed by atoms with Gasteiger partial charge in [0.15, 0.2) is 0 Å². The van der Waals surface area contributed by atoms with Crippen LogP contribution in [0.3, 0.4) is 0 Å². The highest BCUT2D eigenvalue weighted by molar-refractivity contribution is 9.10. The van der Waals surface area contributed by atoms with Gasteiger partial charge in [-0.25, -0.2) is 4.39 Å². The molecule has 1 nitrogen and oxygen atoms in total. The highest BCUT2D eigenvalue weighted by atomic mass is 79.9. The maximum atomic E-state index is 14.0. The predicted molar refractivity (Wildman–Crippen MR) is 83.2 cm³/mol. The van der Waals surface area contributed by atoms with Crippen molar-refractivity contribution in [2.75, 3.05) is 6.54 Å². The molecule has 2 rings (SSSR count). The molecule has 1 aromatic heterocycles. The second kappa shape index (κ2) is 7.17. The van der Waals surface area contributed by atoms with E-state index in [9.17, 15) is 4.39 Å². The number of halogens is 2. The molecule has 0 radical (unpaired) electrons. The molecule has 0 aliphatic carbocycles. The topological polar surface area (TPSA) is 12.0 Å². The summed E-state index contributed by atoms with van der Waals surface area (Å²) in [5, 5.41) is 7.62. The fourth-order valence-electron chi connectivity index (χ4n) is 2.04. The molecule has 19 heavy (non-hydrogen) atoms. The average molecular weight is 342 g/mol. The largest absolute Gasteiger partial charge is 0.310 e. The van der Waals surface area contributed by atoms with Gasteiger partial charge in [0.1, 0.15) is 5.82 Å². The van der Waals surface area contributed by atoms with E-state index in [2.05, 4.69) is 45.0 Å². The Bertz CT molecular complexity index is 513. The Morgan fingerprint density at radius 1 is 1.37 bits per heavy atom. The Morgan fingerprint density at radius 2 is 2.21 bits per heavy atom. The Hall–Kier alpha value is -0.710. The van der Waals surface area contributed by atoms with Gasteiger partial charge in [0.05, 0.1) is 0 Å². The first kappa shape index (κ1) is 14.7. The lowest BCUT2D eigenvalue weighted by Crippen LogP contribution is -2.25. The molecule has 0 aliphatic heterocycles. The van der Waals surface area contributed by atoms with Crippen LogP contribution in [-0.2, 0) is 6.42 Å². The molecule has 2 aromatic rings. The normalized spacial score (nSPS) is 12.6. The van der Waals surface area contributed by atoms with Gasteiger partial charge in [-0.1, -0.05) is 22.9 Å².